The van der Waals surface area contributed by atoms with E-state index in [1.807, 2.05) is 0 Å². The number of hydroxylamine groups is 2. The van der Waals surface area contributed by atoms with Crippen LogP contribution in [0.5, 0.6) is 0 Å². The molecular formula is C17H25NO4. The molecule has 3 aliphatic rings. The number of amides is 2. The maximum absolute atomic E-state index is 12.2. The third kappa shape index (κ3) is 3.03. The van der Waals surface area contributed by atoms with Gasteiger partial charge in [0.2, 0.25) is 0 Å². The van der Waals surface area contributed by atoms with Crippen molar-refractivity contribution in [3.63, 3.8) is 0 Å². The summed E-state index contributed by atoms with van der Waals surface area (Å²) >= 11 is 0. The predicted octanol–water partition coefficient (Wildman–Crippen LogP) is 2.84. The molecule has 2 saturated carbocycles. The van der Waals surface area contributed by atoms with Crippen LogP contribution in [0.1, 0.15) is 64.7 Å². The van der Waals surface area contributed by atoms with E-state index in [2.05, 4.69) is 6.92 Å². The molecule has 1 heterocycles. The Hall–Kier alpha value is -1.39. The summed E-state index contributed by atoms with van der Waals surface area (Å²) in [5.41, 5.74) is 0. The van der Waals surface area contributed by atoms with Crippen molar-refractivity contribution in [3.8, 4) is 0 Å². The van der Waals surface area contributed by atoms with Crippen LogP contribution in [0.15, 0.2) is 0 Å². The van der Waals surface area contributed by atoms with E-state index in [9.17, 15) is 14.4 Å². The van der Waals surface area contributed by atoms with Crippen molar-refractivity contribution in [1.82, 2.24) is 5.06 Å². The number of fused-ring (bicyclic) bond motifs is 1. The van der Waals surface area contributed by atoms with Crippen LogP contribution in [-0.4, -0.2) is 22.8 Å². The van der Waals surface area contributed by atoms with Crippen molar-refractivity contribution in [2.24, 2.45) is 23.7 Å². The number of hydrogen-bond donors (Lipinski definition) is 0. The highest BCUT2D eigenvalue weighted by Gasteiger charge is 2.50. The van der Waals surface area contributed by atoms with E-state index >= 15 is 0 Å². The van der Waals surface area contributed by atoms with Crippen molar-refractivity contribution >= 4 is 17.8 Å². The van der Waals surface area contributed by atoms with Crippen molar-refractivity contribution in [2.45, 2.75) is 64.7 Å². The van der Waals surface area contributed by atoms with E-state index in [1.54, 1.807) is 0 Å². The summed E-state index contributed by atoms with van der Waals surface area (Å²) < 4.78 is 0. The second-order valence-corrected chi connectivity index (χ2v) is 7.26. The van der Waals surface area contributed by atoms with Gasteiger partial charge in [0.15, 0.2) is 0 Å². The van der Waals surface area contributed by atoms with Crippen molar-refractivity contribution in [1.29, 1.82) is 0 Å². The smallest absolute Gasteiger partial charge is 0.330 e. The van der Waals surface area contributed by atoms with Crippen molar-refractivity contribution < 1.29 is 19.2 Å². The Morgan fingerprint density at radius 2 is 1.55 bits per heavy atom. The first kappa shape index (κ1) is 15.5. The summed E-state index contributed by atoms with van der Waals surface area (Å²) in [5.74, 6) is -0.495. The van der Waals surface area contributed by atoms with Crippen LogP contribution in [0.25, 0.3) is 0 Å². The fraction of sp³-hybridized carbons (Fsp3) is 0.824. The van der Waals surface area contributed by atoms with E-state index < -0.39 is 5.97 Å². The fourth-order valence-electron chi connectivity index (χ4n) is 4.13. The molecule has 22 heavy (non-hydrogen) atoms. The zero-order valence-electron chi connectivity index (χ0n) is 13.3. The van der Waals surface area contributed by atoms with Crippen LogP contribution in [0.2, 0.25) is 0 Å². The van der Waals surface area contributed by atoms with Gasteiger partial charge in [-0.3, -0.25) is 9.59 Å². The highest BCUT2D eigenvalue weighted by atomic mass is 16.7. The SMILES string of the molecule is CC1CCC(CC(=O)ON2C(=O)C3CCCCC3C2=O)CC1. The Balaban J connectivity index is 1.55. The number of carbonyl (C=O) groups excluding carboxylic acids is 3. The van der Waals surface area contributed by atoms with Gasteiger partial charge in [0.25, 0.3) is 11.8 Å². The van der Waals surface area contributed by atoms with E-state index in [0.29, 0.717) is 12.3 Å². The minimum Gasteiger partial charge on any atom is -0.330 e. The van der Waals surface area contributed by atoms with Gasteiger partial charge in [0.05, 0.1) is 18.3 Å². The van der Waals surface area contributed by atoms with Crippen LogP contribution in [0.3, 0.4) is 0 Å². The number of hydrogen-bond acceptors (Lipinski definition) is 4. The number of imide groups is 1. The molecule has 2 unspecified atom stereocenters. The predicted molar refractivity (Wildman–Crippen MR) is 79.1 cm³/mol. The third-order valence-electron chi connectivity index (χ3n) is 5.58. The van der Waals surface area contributed by atoms with Crippen molar-refractivity contribution in [2.75, 3.05) is 0 Å². The number of carbonyl (C=O) groups is 3. The summed E-state index contributed by atoms with van der Waals surface area (Å²) in [6.07, 6.45) is 8.09. The lowest BCUT2D eigenvalue weighted by molar-refractivity contribution is -0.199. The van der Waals surface area contributed by atoms with Crippen LogP contribution in [0.4, 0.5) is 0 Å². The normalized spacial score (nSPS) is 35.4. The number of nitrogens with zero attached hydrogens (tertiary/aromatic N) is 1. The van der Waals surface area contributed by atoms with Gasteiger partial charge in [-0.25, -0.2) is 4.79 Å². The zero-order chi connectivity index (χ0) is 15.7. The second kappa shape index (κ2) is 6.39. The zero-order valence-corrected chi connectivity index (χ0v) is 13.3. The van der Waals surface area contributed by atoms with E-state index in [4.69, 9.17) is 4.84 Å². The molecule has 3 fully saturated rings. The molecule has 1 saturated heterocycles. The van der Waals surface area contributed by atoms with Crippen molar-refractivity contribution in [3.05, 3.63) is 0 Å². The summed E-state index contributed by atoms with van der Waals surface area (Å²) in [6.45, 7) is 2.23. The van der Waals surface area contributed by atoms with Gasteiger partial charge in [-0.05, 0) is 37.5 Å². The first-order valence-electron chi connectivity index (χ1n) is 8.65. The molecule has 3 rings (SSSR count). The molecule has 0 aromatic carbocycles. The lowest BCUT2D eigenvalue weighted by atomic mass is 9.81. The molecule has 2 atom stereocenters. The Bertz CT molecular complexity index is 443. The Morgan fingerprint density at radius 3 is 2.09 bits per heavy atom. The lowest BCUT2D eigenvalue weighted by Gasteiger charge is -2.25. The molecule has 2 aliphatic carbocycles. The monoisotopic (exact) mass is 307 g/mol. The maximum atomic E-state index is 12.2. The quantitative estimate of drug-likeness (QED) is 0.752. The molecule has 5 nitrogen and oxygen atoms in total. The van der Waals surface area contributed by atoms with Gasteiger partial charge >= 0.3 is 5.97 Å². The van der Waals surface area contributed by atoms with Crippen LogP contribution in [0, 0.1) is 23.7 Å². The topological polar surface area (TPSA) is 63.7 Å². The van der Waals surface area contributed by atoms with E-state index in [-0.39, 0.29) is 23.7 Å². The summed E-state index contributed by atoms with van der Waals surface area (Å²) in [4.78, 5) is 41.7. The second-order valence-electron chi connectivity index (χ2n) is 7.26. The van der Waals surface area contributed by atoms with Gasteiger partial charge in [-0.1, -0.05) is 32.6 Å². The van der Waals surface area contributed by atoms with Gasteiger partial charge in [0.1, 0.15) is 0 Å². The first-order chi connectivity index (χ1) is 10.6. The largest absolute Gasteiger partial charge is 0.333 e. The Labute approximate surface area is 131 Å². The van der Waals surface area contributed by atoms with Gasteiger partial charge in [-0.15, -0.1) is 5.06 Å². The molecule has 0 aromatic heterocycles. The molecule has 0 radical (unpaired) electrons. The van der Waals surface area contributed by atoms with E-state index in [0.717, 1.165) is 62.3 Å². The molecule has 1 aliphatic heterocycles. The van der Waals surface area contributed by atoms with Crippen LogP contribution >= 0.6 is 0 Å². The minimum atomic E-state index is -0.431. The highest BCUT2D eigenvalue weighted by molar-refractivity contribution is 6.04. The number of rotatable bonds is 3. The fourth-order valence-corrected chi connectivity index (χ4v) is 4.13. The molecule has 5 heteroatoms. The first-order valence-corrected chi connectivity index (χ1v) is 8.65. The minimum absolute atomic E-state index is 0.260. The average Bonchev–Trinajstić information content (AvgIpc) is 2.75. The van der Waals surface area contributed by atoms with Crippen LogP contribution < -0.4 is 0 Å². The molecule has 2 amide bonds. The van der Waals surface area contributed by atoms with Crippen LogP contribution in [-0.2, 0) is 19.2 Å². The Kier molecular flexibility index (Phi) is 4.50. The average molecular weight is 307 g/mol. The Morgan fingerprint density at radius 1 is 1.00 bits per heavy atom. The summed E-state index contributed by atoms with van der Waals surface area (Å²) in [7, 11) is 0. The summed E-state index contributed by atoms with van der Waals surface area (Å²) in [6, 6.07) is 0. The van der Waals surface area contributed by atoms with Gasteiger partial charge in [-0.2, -0.15) is 0 Å². The maximum Gasteiger partial charge on any atom is 0.333 e. The van der Waals surface area contributed by atoms with Gasteiger partial charge in [0, 0.05) is 0 Å². The lowest BCUT2D eigenvalue weighted by Crippen LogP contribution is -2.34. The molecule has 0 spiro atoms. The molecule has 0 N–H and O–H groups in total. The molecule has 0 bridgehead atoms. The standard InChI is InChI=1S/C17H25NO4/c1-11-6-8-12(9-7-11)10-15(19)22-18-16(20)13-4-2-3-5-14(13)17(18)21/h11-14H,2-10H2,1H3. The van der Waals surface area contributed by atoms with E-state index in [1.165, 1.54) is 0 Å². The molecule has 122 valence electrons. The highest BCUT2D eigenvalue weighted by Crippen LogP contribution is 2.38. The molecule has 0 aromatic rings. The third-order valence-corrected chi connectivity index (χ3v) is 5.58. The van der Waals surface area contributed by atoms with Gasteiger partial charge < -0.3 is 4.84 Å². The molecular weight excluding hydrogens is 282 g/mol. The summed E-state index contributed by atoms with van der Waals surface area (Å²) in [5, 5.41) is 0.772.